The largest absolute Gasteiger partial charge is 0.399 e. The van der Waals surface area contributed by atoms with Crippen LogP contribution in [0.15, 0.2) is 53.4 Å². The average Bonchev–Trinajstić information content (AvgIpc) is 2.77. The number of nitrogens with one attached hydrogen (secondary N) is 1. The Bertz CT molecular complexity index is 821. The summed E-state index contributed by atoms with van der Waals surface area (Å²) in [6, 6.07) is 13.2. The summed E-state index contributed by atoms with van der Waals surface area (Å²) in [6.07, 6.45) is 1.43. The molecule has 24 heavy (non-hydrogen) atoms. The lowest BCUT2D eigenvalue weighted by Gasteiger charge is -2.20. The Hall–Kier alpha value is -2.54. The Morgan fingerprint density at radius 1 is 0.958 bits per heavy atom. The molecule has 0 radical (unpaired) electrons. The Morgan fingerprint density at radius 2 is 1.50 bits per heavy atom. The Morgan fingerprint density at radius 3 is 2.04 bits per heavy atom. The third-order valence-electron chi connectivity index (χ3n) is 4.12. The second-order valence-electron chi connectivity index (χ2n) is 5.74. The van der Waals surface area contributed by atoms with Crippen LogP contribution in [0.3, 0.4) is 0 Å². The van der Waals surface area contributed by atoms with E-state index < -0.39 is 16.1 Å². The van der Waals surface area contributed by atoms with Crippen molar-refractivity contribution < 1.29 is 13.2 Å². The zero-order valence-corrected chi connectivity index (χ0v) is 13.9. The van der Waals surface area contributed by atoms with Crippen LogP contribution in [-0.4, -0.2) is 32.4 Å². The number of nitrogens with zero attached hydrogens (tertiary/aromatic N) is 1. The quantitative estimate of drug-likeness (QED) is 0.811. The highest BCUT2D eigenvalue weighted by Crippen LogP contribution is 2.16. The molecule has 1 aliphatic heterocycles. The van der Waals surface area contributed by atoms with E-state index in [9.17, 15) is 13.2 Å². The summed E-state index contributed by atoms with van der Waals surface area (Å²) < 4.78 is 26.7. The van der Waals surface area contributed by atoms with Gasteiger partial charge in [-0.15, -0.1) is 0 Å². The summed E-state index contributed by atoms with van der Waals surface area (Å²) in [6.45, 7) is 0.972. The van der Waals surface area contributed by atoms with Crippen LogP contribution in [0.25, 0.3) is 0 Å². The number of sulfonamides is 1. The first-order valence-corrected chi connectivity index (χ1v) is 9.18. The molecule has 0 fully saturated rings. The second kappa shape index (κ2) is 6.52. The fourth-order valence-corrected chi connectivity index (χ4v) is 3.73. The van der Waals surface area contributed by atoms with Crippen LogP contribution in [0.2, 0.25) is 0 Å². The van der Waals surface area contributed by atoms with Gasteiger partial charge in [0.2, 0.25) is 0 Å². The van der Waals surface area contributed by atoms with Gasteiger partial charge >= 0.3 is 6.03 Å². The lowest BCUT2D eigenvalue weighted by atomic mass is 10.0. The maximum absolute atomic E-state index is 12.4. The van der Waals surface area contributed by atoms with Gasteiger partial charge in [-0.1, -0.05) is 24.3 Å². The average molecular weight is 345 g/mol. The molecule has 2 aromatic rings. The standard InChI is InChI=1S/C17H19N3O3S/c18-15-5-7-16(8-6-15)24(22,23)19-17(21)20-11-9-13-3-1-2-4-14(13)10-12-20/h1-8H,9-12,18H2,(H,19,21). The van der Waals surface area contributed by atoms with E-state index in [-0.39, 0.29) is 4.90 Å². The molecular formula is C17H19N3O3S. The molecular weight excluding hydrogens is 326 g/mol. The van der Waals surface area contributed by atoms with E-state index in [4.69, 9.17) is 5.73 Å². The van der Waals surface area contributed by atoms with Crippen molar-refractivity contribution in [2.45, 2.75) is 17.7 Å². The third kappa shape index (κ3) is 3.51. The highest BCUT2D eigenvalue weighted by atomic mass is 32.2. The van der Waals surface area contributed by atoms with E-state index in [0.29, 0.717) is 31.6 Å². The summed E-state index contributed by atoms with van der Waals surface area (Å²) >= 11 is 0. The van der Waals surface area contributed by atoms with Crippen LogP contribution < -0.4 is 10.5 Å². The molecule has 1 aliphatic rings. The van der Waals surface area contributed by atoms with Gasteiger partial charge in [-0.05, 0) is 48.2 Å². The molecule has 0 spiro atoms. The number of carbonyl (C=O) groups is 1. The van der Waals surface area contributed by atoms with Crippen molar-refractivity contribution in [3.63, 3.8) is 0 Å². The van der Waals surface area contributed by atoms with Gasteiger partial charge < -0.3 is 10.6 Å². The topological polar surface area (TPSA) is 92.5 Å². The predicted molar refractivity (Wildman–Crippen MR) is 92.0 cm³/mol. The molecule has 2 aromatic carbocycles. The number of nitrogen functional groups attached to an aromatic ring is 1. The first kappa shape index (κ1) is 16.3. The zero-order chi connectivity index (χ0) is 17.2. The summed E-state index contributed by atoms with van der Waals surface area (Å²) in [5.41, 5.74) is 8.43. The SMILES string of the molecule is Nc1ccc(S(=O)(=O)NC(=O)N2CCc3ccccc3CC2)cc1. The molecule has 0 aromatic heterocycles. The number of hydrogen-bond acceptors (Lipinski definition) is 4. The molecule has 3 rings (SSSR count). The van der Waals surface area contributed by atoms with Crippen molar-refractivity contribution in [2.24, 2.45) is 0 Å². The van der Waals surface area contributed by atoms with E-state index in [0.717, 1.165) is 0 Å². The van der Waals surface area contributed by atoms with Gasteiger partial charge in [-0.2, -0.15) is 0 Å². The van der Waals surface area contributed by atoms with Crippen LogP contribution in [0.5, 0.6) is 0 Å². The molecule has 0 aliphatic carbocycles. The molecule has 126 valence electrons. The molecule has 6 nitrogen and oxygen atoms in total. The van der Waals surface area contributed by atoms with Crippen LogP contribution in [0.4, 0.5) is 10.5 Å². The number of rotatable bonds is 2. The van der Waals surface area contributed by atoms with E-state index in [1.54, 1.807) is 0 Å². The number of fused-ring (bicyclic) bond motifs is 1. The predicted octanol–water partition coefficient (Wildman–Crippen LogP) is 1.77. The van der Waals surface area contributed by atoms with E-state index in [1.807, 2.05) is 24.3 Å². The van der Waals surface area contributed by atoms with Crippen molar-refractivity contribution in [3.05, 3.63) is 59.7 Å². The van der Waals surface area contributed by atoms with Crippen molar-refractivity contribution >= 4 is 21.7 Å². The molecule has 2 amide bonds. The highest BCUT2D eigenvalue weighted by molar-refractivity contribution is 7.90. The number of urea groups is 1. The summed E-state index contributed by atoms with van der Waals surface area (Å²) in [4.78, 5) is 13.9. The van der Waals surface area contributed by atoms with Crippen molar-refractivity contribution in [1.82, 2.24) is 9.62 Å². The first-order valence-electron chi connectivity index (χ1n) is 7.70. The molecule has 3 N–H and O–H groups in total. The van der Waals surface area contributed by atoms with Crippen molar-refractivity contribution in [1.29, 1.82) is 0 Å². The Labute approximate surface area is 141 Å². The van der Waals surface area contributed by atoms with Crippen molar-refractivity contribution in [3.8, 4) is 0 Å². The number of amides is 2. The highest BCUT2D eigenvalue weighted by Gasteiger charge is 2.23. The van der Waals surface area contributed by atoms with Crippen LogP contribution >= 0.6 is 0 Å². The maximum Gasteiger partial charge on any atom is 0.331 e. The number of benzene rings is 2. The molecule has 7 heteroatoms. The van der Waals surface area contributed by atoms with Gasteiger partial charge in [0.15, 0.2) is 0 Å². The molecule has 0 unspecified atom stereocenters. The molecule has 0 saturated carbocycles. The monoisotopic (exact) mass is 345 g/mol. The van der Waals surface area contributed by atoms with Gasteiger partial charge in [0.25, 0.3) is 10.0 Å². The fraction of sp³-hybridized carbons (Fsp3) is 0.235. The van der Waals surface area contributed by atoms with Gasteiger partial charge in [0.1, 0.15) is 0 Å². The second-order valence-corrected chi connectivity index (χ2v) is 7.42. The number of nitrogens with two attached hydrogens (primary N) is 1. The van der Waals surface area contributed by atoms with Gasteiger partial charge in [-0.3, -0.25) is 0 Å². The van der Waals surface area contributed by atoms with E-state index in [2.05, 4.69) is 4.72 Å². The number of hydrogen-bond donors (Lipinski definition) is 2. The number of carbonyl (C=O) groups excluding carboxylic acids is 1. The summed E-state index contributed by atoms with van der Waals surface area (Å²) in [7, 11) is -3.90. The first-order chi connectivity index (χ1) is 11.5. The zero-order valence-electron chi connectivity index (χ0n) is 13.1. The molecule has 0 bridgehead atoms. The Balaban J connectivity index is 1.70. The number of anilines is 1. The molecule has 1 heterocycles. The maximum atomic E-state index is 12.4. The van der Waals surface area contributed by atoms with E-state index in [1.165, 1.54) is 40.3 Å². The normalized spacial score (nSPS) is 14.6. The minimum absolute atomic E-state index is 0.0168. The lowest BCUT2D eigenvalue weighted by molar-refractivity contribution is 0.206. The van der Waals surface area contributed by atoms with Gasteiger partial charge in [-0.25, -0.2) is 17.9 Å². The van der Waals surface area contributed by atoms with Gasteiger partial charge in [0.05, 0.1) is 4.90 Å². The molecule has 0 atom stereocenters. The van der Waals surface area contributed by atoms with Crippen LogP contribution in [-0.2, 0) is 22.9 Å². The fourth-order valence-electron chi connectivity index (χ4n) is 2.76. The van der Waals surface area contributed by atoms with Crippen LogP contribution in [0.1, 0.15) is 11.1 Å². The smallest absolute Gasteiger partial charge is 0.331 e. The Kier molecular flexibility index (Phi) is 4.44. The minimum Gasteiger partial charge on any atom is -0.399 e. The van der Waals surface area contributed by atoms with Gasteiger partial charge in [0, 0.05) is 18.8 Å². The van der Waals surface area contributed by atoms with E-state index >= 15 is 0 Å². The summed E-state index contributed by atoms with van der Waals surface area (Å²) in [5, 5.41) is 0. The third-order valence-corrected chi connectivity index (χ3v) is 5.46. The summed E-state index contributed by atoms with van der Waals surface area (Å²) in [5.74, 6) is 0. The minimum atomic E-state index is -3.90. The van der Waals surface area contributed by atoms with Crippen LogP contribution in [0, 0.1) is 0 Å². The van der Waals surface area contributed by atoms with Crippen molar-refractivity contribution in [2.75, 3.05) is 18.8 Å². The lowest BCUT2D eigenvalue weighted by Crippen LogP contribution is -2.43. The molecule has 0 saturated heterocycles.